The summed E-state index contributed by atoms with van der Waals surface area (Å²) < 4.78 is 11.2. The van der Waals surface area contributed by atoms with Crippen molar-refractivity contribution in [2.24, 2.45) is 0 Å². The monoisotopic (exact) mass is 362 g/mol. The lowest BCUT2D eigenvalue weighted by Crippen LogP contribution is -2.55. The van der Waals surface area contributed by atoms with E-state index in [-0.39, 0.29) is 12.5 Å². The molecule has 1 N–H and O–H groups in total. The van der Waals surface area contributed by atoms with Gasteiger partial charge in [-0.3, -0.25) is 9.69 Å². The van der Waals surface area contributed by atoms with Crippen LogP contribution in [0.15, 0.2) is 18.2 Å². The molecule has 0 saturated carbocycles. The van der Waals surface area contributed by atoms with Gasteiger partial charge in [-0.1, -0.05) is 6.07 Å². The zero-order valence-electron chi connectivity index (χ0n) is 15.9. The number of amides is 1. The van der Waals surface area contributed by atoms with E-state index in [4.69, 9.17) is 9.47 Å². The molecule has 144 valence electrons. The SMILES string of the molecule is Cc1ccc(OCC2(O)CCCN(C(=O)CN3CCOCC3)C2)cc1C. The molecule has 1 atom stereocenters. The summed E-state index contributed by atoms with van der Waals surface area (Å²) in [6.07, 6.45) is 1.45. The Labute approximate surface area is 155 Å². The summed E-state index contributed by atoms with van der Waals surface area (Å²) in [7, 11) is 0. The Morgan fingerprint density at radius 1 is 1.23 bits per heavy atom. The predicted molar refractivity (Wildman–Crippen MR) is 99.4 cm³/mol. The van der Waals surface area contributed by atoms with Crippen molar-refractivity contribution in [2.75, 3.05) is 52.5 Å². The number of piperidine rings is 1. The molecule has 2 heterocycles. The predicted octanol–water partition coefficient (Wildman–Crippen LogP) is 1.37. The highest BCUT2D eigenvalue weighted by Crippen LogP contribution is 2.24. The molecule has 2 aliphatic heterocycles. The van der Waals surface area contributed by atoms with Crippen molar-refractivity contribution >= 4 is 5.91 Å². The number of aryl methyl sites for hydroxylation is 2. The molecule has 0 aliphatic carbocycles. The molecule has 0 spiro atoms. The highest BCUT2D eigenvalue weighted by Gasteiger charge is 2.36. The minimum atomic E-state index is -0.988. The molecule has 1 aromatic carbocycles. The topological polar surface area (TPSA) is 62.2 Å². The summed E-state index contributed by atoms with van der Waals surface area (Å²) in [5.74, 6) is 0.842. The number of hydrogen-bond acceptors (Lipinski definition) is 5. The highest BCUT2D eigenvalue weighted by atomic mass is 16.5. The van der Waals surface area contributed by atoms with Gasteiger partial charge in [0.25, 0.3) is 0 Å². The first kappa shape index (κ1) is 19.1. The minimum Gasteiger partial charge on any atom is -0.491 e. The molecule has 1 unspecified atom stereocenters. The van der Waals surface area contributed by atoms with Crippen molar-refractivity contribution in [3.8, 4) is 5.75 Å². The third kappa shape index (κ3) is 4.96. The maximum absolute atomic E-state index is 12.6. The van der Waals surface area contributed by atoms with Gasteiger partial charge in [0.15, 0.2) is 0 Å². The fourth-order valence-corrected chi connectivity index (χ4v) is 3.51. The number of carbonyl (C=O) groups is 1. The largest absolute Gasteiger partial charge is 0.491 e. The van der Waals surface area contributed by atoms with Gasteiger partial charge >= 0.3 is 0 Å². The van der Waals surface area contributed by atoms with E-state index in [0.29, 0.717) is 39.3 Å². The molecular formula is C20H30N2O4. The van der Waals surface area contributed by atoms with Crippen molar-refractivity contribution in [3.05, 3.63) is 29.3 Å². The standard InChI is InChI=1S/C20H30N2O4/c1-16-4-5-18(12-17(16)2)26-15-20(24)6-3-7-22(14-20)19(23)13-21-8-10-25-11-9-21/h4-5,12,24H,3,6-11,13-15H2,1-2H3. The molecular weight excluding hydrogens is 332 g/mol. The van der Waals surface area contributed by atoms with E-state index in [1.807, 2.05) is 25.1 Å². The molecule has 26 heavy (non-hydrogen) atoms. The number of carbonyl (C=O) groups excluding carboxylic acids is 1. The van der Waals surface area contributed by atoms with Crippen LogP contribution in [0.3, 0.4) is 0 Å². The maximum Gasteiger partial charge on any atom is 0.236 e. The lowest BCUT2D eigenvalue weighted by atomic mass is 9.93. The van der Waals surface area contributed by atoms with Crippen LogP contribution >= 0.6 is 0 Å². The number of likely N-dealkylation sites (tertiary alicyclic amines) is 1. The Hall–Kier alpha value is -1.63. The van der Waals surface area contributed by atoms with Crippen LogP contribution in [0, 0.1) is 13.8 Å². The lowest BCUT2D eigenvalue weighted by Gasteiger charge is -2.40. The van der Waals surface area contributed by atoms with Crippen LogP contribution < -0.4 is 4.74 Å². The van der Waals surface area contributed by atoms with E-state index in [0.717, 1.165) is 25.3 Å². The molecule has 2 fully saturated rings. The van der Waals surface area contributed by atoms with Crippen LogP contribution in [-0.4, -0.2) is 79.0 Å². The number of nitrogens with zero attached hydrogens (tertiary/aromatic N) is 2. The van der Waals surface area contributed by atoms with Gasteiger partial charge in [-0.05, 0) is 49.9 Å². The Bertz CT molecular complexity index is 630. The number of ether oxygens (including phenoxy) is 2. The van der Waals surface area contributed by atoms with E-state index in [9.17, 15) is 9.90 Å². The average molecular weight is 362 g/mol. The van der Waals surface area contributed by atoms with Gasteiger partial charge in [-0.15, -0.1) is 0 Å². The summed E-state index contributed by atoms with van der Waals surface area (Å²) in [6.45, 7) is 8.70. The smallest absolute Gasteiger partial charge is 0.236 e. The summed E-state index contributed by atoms with van der Waals surface area (Å²) in [5, 5.41) is 10.9. The van der Waals surface area contributed by atoms with Gasteiger partial charge in [-0.25, -0.2) is 0 Å². The zero-order chi connectivity index (χ0) is 18.6. The summed E-state index contributed by atoms with van der Waals surface area (Å²) in [5.41, 5.74) is 1.40. The molecule has 6 heteroatoms. The van der Waals surface area contributed by atoms with Crippen LogP contribution in [0.5, 0.6) is 5.75 Å². The molecule has 0 aromatic heterocycles. The molecule has 1 aromatic rings. The van der Waals surface area contributed by atoms with Gasteiger partial charge in [0.2, 0.25) is 5.91 Å². The number of benzene rings is 1. The summed E-state index contributed by atoms with van der Waals surface area (Å²) in [4.78, 5) is 16.5. The van der Waals surface area contributed by atoms with Crippen molar-refractivity contribution < 1.29 is 19.4 Å². The second-order valence-corrected chi connectivity index (χ2v) is 7.57. The first-order valence-electron chi connectivity index (χ1n) is 9.45. The van der Waals surface area contributed by atoms with E-state index >= 15 is 0 Å². The van der Waals surface area contributed by atoms with E-state index < -0.39 is 5.60 Å². The number of aliphatic hydroxyl groups is 1. The van der Waals surface area contributed by atoms with Crippen LogP contribution in [0.1, 0.15) is 24.0 Å². The molecule has 2 aliphatic rings. The molecule has 2 saturated heterocycles. The Morgan fingerprint density at radius 2 is 2.00 bits per heavy atom. The number of rotatable bonds is 5. The van der Waals surface area contributed by atoms with E-state index in [1.54, 1.807) is 4.90 Å². The molecule has 6 nitrogen and oxygen atoms in total. The van der Waals surface area contributed by atoms with Gasteiger partial charge in [-0.2, -0.15) is 0 Å². The Balaban J connectivity index is 1.53. The number of hydrogen-bond donors (Lipinski definition) is 1. The fraction of sp³-hybridized carbons (Fsp3) is 0.650. The normalized spacial score (nSPS) is 24.5. The number of β-amino-alcohol motifs (C(OH)–C–C–N with tert-alkyl or cyclic N) is 1. The van der Waals surface area contributed by atoms with Crippen LogP contribution in [0.4, 0.5) is 0 Å². The Kier molecular flexibility index (Phi) is 6.16. The van der Waals surface area contributed by atoms with Crippen LogP contribution in [-0.2, 0) is 9.53 Å². The summed E-state index contributed by atoms with van der Waals surface area (Å²) in [6, 6.07) is 5.94. The molecule has 1 amide bonds. The van der Waals surface area contributed by atoms with Gasteiger partial charge in [0, 0.05) is 19.6 Å². The van der Waals surface area contributed by atoms with Crippen molar-refractivity contribution in [3.63, 3.8) is 0 Å². The van der Waals surface area contributed by atoms with Crippen molar-refractivity contribution in [2.45, 2.75) is 32.3 Å². The lowest BCUT2D eigenvalue weighted by molar-refractivity contribution is -0.142. The first-order chi connectivity index (χ1) is 12.5. The second kappa shape index (κ2) is 8.37. The maximum atomic E-state index is 12.6. The van der Waals surface area contributed by atoms with Crippen molar-refractivity contribution in [1.82, 2.24) is 9.80 Å². The highest BCUT2D eigenvalue weighted by molar-refractivity contribution is 5.78. The molecule has 3 rings (SSSR count). The van der Waals surface area contributed by atoms with Crippen molar-refractivity contribution in [1.29, 1.82) is 0 Å². The fourth-order valence-electron chi connectivity index (χ4n) is 3.51. The third-order valence-electron chi connectivity index (χ3n) is 5.36. The minimum absolute atomic E-state index is 0.0798. The summed E-state index contributed by atoms with van der Waals surface area (Å²) >= 11 is 0. The van der Waals surface area contributed by atoms with Crippen LogP contribution in [0.25, 0.3) is 0 Å². The molecule has 0 bridgehead atoms. The van der Waals surface area contributed by atoms with Crippen LogP contribution in [0.2, 0.25) is 0 Å². The average Bonchev–Trinajstić information content (AvgIpc) is 2.64. The van der Waals surface area contributed by atoms with E-state index in [1.165, 1.54) is 11.1 Å². The van der Waals surface area contributed by atoms with E-state index in [2.05, 4.69) is 11.8 Å². The first-order valence-corrected chi connectivity index (χ1v) is 9.45. The van der Waals surface area contributed by atoms with Gasteiger partial charge in [0.05, 0.1) is 26.3 Å². The second-order valence-electron chi connectivity index (χ2n) is 7.57. The molecule has 0 radical (unpaired) electrons. The van der Waals surface area contributed by atoms with Gasteiger partial charge in [0.1, 0.15) is 18.0 Å². The zero-order valence-corrected chi connectivity index (χ0v) is 15.9. The number of morpholine rings is 1. The Morgan fingerprint density at radius 3 is 2.73 bits per heavy atom. The quantitative estimate of drug-likeness (QED) is 0.857. The third-order valence-corrected chi connectivity index (χ3v) is 5.36. The van der Waals surface area contributed by atoms with Gasteiger partial charge < -0.3 is 19.5 Å².